The van der Waals surface area contributed by atoms with Crippen LogP contribution in [0.4, 0.5) is 0 Å². The first-order valence-corrected chi connectivity index (χ1v) is 7.68. The van der Waals surface area contributed by atoms with Crippen molar-refractivity contribution in [1.82, 2.24) is 0 Å². The molecule has 0 aromatic heterocycles. The van der Waals surface area contributed by atoms with Crippen LogP contribution < -0.4 is 24.8 Å². The van der Waals surface area contributed by atoms with Gasteiger partial charge in [-0.05, 0) is 0 Å². The zero-order valence-corrected chi connectivity index (χ0v) is 15.2. The van der Waals surface area contributed by atoms with E-state index >= 15 is 0 Å². The van der Waals surface area contributed by atoms with Crippen molar-refractivity contribution in [2.45, 2.75) is 25.9 Å². The van der Waals surface area contributed by atoms with Gasteiger partial charge in [0, 0.05) is 9.52 Å². The monoisotopic (exact) mass is 350 g/mol. The molecular formula is C12H18Cl2SiZr. The van der Waals surface area contributed by atoms with E-state index in [1.165, 1.54) is 0 Å². The van der Waals surface area contributed by atoms with E-state index in [0.717, 1.165) is 12.8 Å². The third-order valence-electron chi connectivity index (χ3n) is 1.17. The summed E-state index contributed by atoms with van der Waals surface area (Å²) in [5, 5.41) is 0. The first-order chi connectivity index (χ1) is 6.41. The summed E-state index contributed by atoms with van der Waals surface area (Å²) in [5.74, 6) is 0. The Morgan fingerprint density at radius 3 is 1.25 bits per heavy atom. The molecule has 0 amide bonds. The topological polar surface area (TPSA) is 0 Å². The molecule has 0 nitrogen and oxygen atoms in total. The Kier molecular flexibility index (Phi) is 39.4. The quantitative estimate of drug-likeness (QED) is 0.320. The Hall–Kier alpha value is 0.640. The zero-order chi connectivity index (χ0) is 9.78. The van der Waals surface area contributed by atoms with Gasteiger partial charge in [-0.3, -0.25) is 12.2 Å². The molecule has 88 valence electrons. The molecule has 0 aromatic rings. The van der Waals surface area contributed by atoms with Crippen LogP contribution in [0.1, 0.15) is 12.8 Å². The van der Waals surface area contributed by atoms with Crippen molar-refractivity contribution in [2.75, 3.05) is 0 Å². The van der Waals surface area contributed by atoms with Gasteiger partial charge in [0.2, 0.25) is 0 Å². The number of rotatable bonds is 0. The van der Waals surface area contributed by atoms with E-state index in [1.807, 2.05) is 24.3 Å². The summed E-state index contributed by atoms with van der Waals surface area (Å²) < 4.78 is 0. The van der Waals surface area contributed by atoms with Gasteiger partial charge in [-0.15, -0.1) is 12.8 Å². The van der Waals surface area contributed by atoms with Gasteiger partial charge >= 0.3 is 26.2 Å². The second kappa shape index (κ2) is 24.7. The summed E-state index contributed by atoms with van der Waals surface area (Å²) in [7, 11) is 0.417. The summed E-state index contributed by atoms with van der Waals surface area (Å²) in [6.45, 7) is 4.53. The summed E-state index contributed by atoms with van der Waals surface area (Å²) in [4.78, 5) is 0. The standard InChI is InChI=1S/2C5H5.C2H8Si.2ClH.Zr/c2*1-2-4-5-3-1;1-3-2;;;/h2*1-3H,4H2;3H2,1-2H3;2*1H;/q2*-1;;;;+4/p-2. The fourth-order valence-electron chi connectivity index (χ4n) is 0.680. The predicted molar refractivity (Wildman–Crippen MR) is 63.4 cm³/mol. The molecule has 2 rings (SSSR count). The summed E-state index contributed by atoms with van der Waals surface area (Å²) >= 11 is 0. The maximum Gasteiger partial charge on any atom is 4.00 e. The van der Waals surface area contributed by atoms with Gasteiger partial charge in [0.05, 0.1) is 0 Å². The third kappa shape index (κ3) is 24.1. The van der Waals surface area contributed by atoms with Gasteiger partial charge in [-0.1, -0.05) is 13.1 Å². The molecule has 0 unspecified atom stereocenters. The van der Waals surface area contributed by atoms with E-state index in [2.05, 4.69) is 37.4 Å². The van der Waals surface area contributed by atoms with Crippen molar-refractivity contribution in [3.05, 3.63) is 48.6 Å². The number of allylic oxidation sites excluding steroid dienone is 8. The number of hydrogen-bond acceptors (Lipinski definition) is 0. The van der Waals surface area contributed by atoms with Crippen LogP contribution in [0.5, 0.6) is 0 Å². The van der Waals surface area contributed by atoms with Gasteiger partial charge in [-0.2, -0.15) is 12.2 Å². The second-order valence-electron chi connectivity index (χ2n) is 2.71. The fraction of sp³-hybridized carbons (Fsp3) is 0.333. The molecule has 0 aliphatic heterocycles. The zero-order valence-electron chi connectivity index (χ0n) is 9.84. The molecule has 0 atom stereocenters. The molecule has 0 bridgehead atoms. The fourth-order valence-corrected chi connectivity index (χ4v) is 0.680. The minimum absolute atomic E-state index is 0. The largest absolute Gasteiger partial charge is 4.00 e. The number of hydrogen-bond donors (Lipinski definition) is 0. The van der Waals surface area contributed by atoms with Gasteiger partial charge in [0.1, 0.15) is 0 Å². The van der Waals surface area contributed by atoms with Gasteiger partial charge in [0.25, 0.3) is 0 Å². The van der Waals surface area contributed by atoms with E-state index in [9.17, 15) is 0 Å². The van der Waals surface area contributed by atoms with Crippen molar-refractivity contribution in [1.29, 1.82) is 0 Å². The van der Waals surface area contributed by atoms with Crippen LogP contribution in [-0.2, 0) is 26.2 Å². The van der Waals surface area contributed by atoms with Crippen molar-refractivity contribution in [2.24, 2.45) is 0 Å². The van der Waals surface area contributed by atoms with Crippen LogP contribution in [0.25, 0.3) is 0 Å². The SMILES string of the molecule is C[SiH2]C.[C-]1=CC=CC1.[C-]1=CC=CC1.[Cl-].[Cl-].[Zr+4]. The maximum atomic E-state index is 2.99. The maximum absolute atomic E-state index is 2.99. The van der Waals surface area contributed by atoms with E-state index in [-0.39, 0.29) is 51.0 Å². The van der Waals surface area contributed by atoms with E-state index in [0.29, 0.717) is 9.52 Å². The molecule has 2 aliphatic rings. The predicted octanol–water partition coefficient (Wildman–Crippen LogP) is -3.13. The van der Waals surface area contributed by atoms with Crippen LogP contribution >= 0.6 is 0 Å². The average Bonchev–Trinajstić information content (AvgIpc) is 2.85. The summed E-state index contributed by atoms with van der Waals surface area (Å²) in [6, 6.07) is 0. The molecule has 4 heteroatoms. The molecule has 0 N–H and O–H groups in total. The van der Waals surface area contributed by atoms with Crippen LogP contribution in [0, 0.1) is 12.2 Å². The van der Waals surface area contributed by atoms with Crippen LogP contribution in [0.3, 0.4) is 0 Å². The minimum atomic E-state index is 0. The average molecular weight is 352 g/mol. The normalized spacial score (nSPS) is 12.1. The van der Waals surface area contributed by atoms with Crippen molar-refractivity contribution >= 4 is 9.52 Å². The van der Waals surface area contributed by atoms with Crippen molar-refractivity contribution in [3.63, 3.8) is 0 Å². The Morgan fingerprint density at radius 1 is 0.875 bits per heavy atom. The van der Waals surface area contributed by atoms with Crippen molar-refractivity contribution < 1.29 is 51.0 Å². The second-order valence-corrected chi connectivity index (χ2v) is 4.13. The summed E-state index contributed by atoms with van der Waals surface area (Å²) in [6.07, 6.45) is 20.0. The number of halogens is 2. The molecule has 0 fully saturated rings. The Morgan fingerprint density at radius 2 is 1.19 bits per heavy atom. The Labute approximate surface area is 134 Å². The van der Waals surface area contributed by atoms with Crippen LogP contribution in [0.2, 0.25) is 13.1 Å². The smallest absolute Gasteiger partial charge is 1.00 e. The van der Waals surface area contributed by atoms with Crippen LogP contribution in [0.15, 0.2) is 36.5 Å². The first-order valence-electron chi connectivity index (χ1n) is 4.85. The first kappa shape index (κ1) is 25.5. The molecule has 0 saturated carbocycles. The minimum Gasteiger partial charge on any atom is -1.00 e. The molecule has 0 radical (unpaired) electrons. The Balaban J connectivity index is -0.0000000638. The Bertz CT molecular complexity index is 169. The van der Waals surface area contributed by atoms with Crippen molar-refractivity contribution in [3.8, 4) is 0 Å². The molecule has 0 saturated heterocycles. The van der Waals surface area contributed by atoms with Gasteiger partial charge < -0.3 is 24.8 Å². The van der Waals surface area contributed by atoms with E-state index in [1.54, 1.807) is 0 Å². The molecule has 0 aromatic carbocycles. The molecule has 2 aliphatic carbocycles. The molecule has 0 heterocycles. The molecule has 16 heavy (non-hydrogen) atoms. The van der Waals surface area contributed by atoms with E-state index in [4.69, 9.17) is 0 Å². The third-order valence-corrected chi connectivity index (χ3v) is 1.17. The van der Waals surface area contributed by atoms with Crippen LogP contribution in [-0.4, -0.2) is 9.52 Å². The molecule has 0 spiro atoms. The van der Waals surface area contributed by atoms with Gasteiger partial charge in [0.15, 0.2) is 0 Å². The van der Waals surface area contributed by atoms with Gasteiger partial charge in [-0.25, -0.2) is 24.3 Å². The summed E-state index contributed by atoms with van der Waals surface area (Å²) in [5.41, 5.74) is 0. The molecular weight excluding hydrogens is 334 g/mol. The van der Waals surface area contributed by atoms with E-state index < -0.39 is 0 Å².